The number of methoxy groups -OCH3 is 1. The second-order valence-corrected chi connectivity index (χ2v) is 8.29. The van der Waals surface area contributed by atoms with Gasteiger partial charge in [0.15, 0.2) is 0 Å². The van der Waals surface area contributed by atoms with Gasteiger partial charge in [-0.05, 0) is 31.9 Å². The van der Waals surface area contributed by atoms with E-state index in [2.05, 4.69) is 10.2 Å². The Balaban J connectivity index is 1.81. The van der Waals surface area contributed by atoms with E-state index in [0.29, 0.717) is 33.1 Å². The first-order valence-electron chi connectivity index (χ1n) is 9.64. The normalized spacial score (nSPS) is 17.1. The van der Waals surface area contributed by atoms with Crippen LogP contribution in [0.4, 0.5) is 5.00 Å². The van der Waals surface area contributed by atoms with Gasteiger partial charge in [0.1, 0.15) is 10.6 Å². The van der Waals surface area contributed by atoms with Crippen molar-refractivity contribution in [3.8, 4) is 11.1 Å². The molecular formula is C21H25ClN2O4S. The molecule has 156 valence electrons. The van der Waals surface area contributed by atoms with Crippen molar-refractivity contribution in [1.29, 1.82) is 0 Å². The highest BCUT2D eigenvalue weighted by atomic mass is 35.5. The number of carbonyl (C=O) groups is 2. The van der Waals surface area contributed by atoms with Crippen molar-refractivity contribution in [2.75, 3.05) is 32.1 Å². The van der Waals surface area contributed by atoms with Gasteiger partial charge >= 0.3 is 5.97 Å². The fourth-order valence-electron chi connectivity index (χ4n) is 3.73. The van der Waals surface area contributed by atoms with Crippen molar-refractivity contribution in [3.05, 3.63) is 40.2 Å². The number of aliphatic hydroxyl groups is 1. The molecule has 2 heterocycles. The molecule has 0 spiro atoms. The van der Waals surface area contributed by atoms with Crippen LogP contribution in [0, 0.1) is 0 Å². The lowest BCUT2D eigenvalue weighted by molar-refractivity contribution is -0.118. The number of hydrogen-bond acceptors (Lipinski definition) is 6. The Morgan fingerprint density at radius 3 is 2.83 bits per heavy atom. The van der Waals surface area contributed by atoms with Crippen LogP contribution >= 0.6 is 22.9 Å². The van der Waals surface area contributed by atoms with Crippen LogP contribution in [0.25, 0.3) is 11.1 Å². The van der Waals surface area contributed by atoms with E-state index in [4.69, 9.17) is 16.3 Å². The lowest BCUT2D eigenvalue weighted by atomic mass is 9.99. The van der Waals surface area contributed by atoms with E-state index in [1.165, 1.54) is 18.4 Å². The molecule has 2 aromatic rings. The first-order valence-corrected chi connectivity index (χ1v) is 10.9. The van der Waals surface area contributed by atoms with E-state index >= 15 is 0 Å². The predicted molar refractivity (Wildman–Crippen MR) is 116 cm³/mol. The third-order valence-corrected chi connectivity index (χ3v) is 6.38. The summed E-state index contributed by atoms with van der Waals surface area (Å²) in [7, 11) is 1.31. The molecule has 0 aliphatic carbocycles. The fourth-order valence-corrected chi connectivity index (χ4v) is 4.93. The molecule has 1 aliphatic heterocycles. The van der Waals surface area contributed by atoms with E-state index in [-0.39, 0.29) is 25.1 Å². The molecule has 1 saturated heterocycles. The Morgan fingerprint density at radius 1 is 1.31 bits per heavy atom. The minimum Gasteiger partial charge on any atom is -0.465 e. The van der Waals surface area contributed by atoms with Crippen molar-refractivity contribution >= 4 is 39.8 Å². The van der Waals surface area contributed by atoms with Crippen LogP contribution in [0.2, 0.25) is 5.02 Å². The zero-order chi connectivity index (χ0) is 20.8. The second-order valence-electron chi connectivity index (χ2n) is 7.01. The van der Waals surface area contributed by atoms with E-state index in [9.17, 15) is 14.7 Å². The molecule has 1 aromatic carbocycles. The standard InChI is InChI=1S/C21H25ClN2O4S/c1-28-21(27)19-16(15-7-2-3-8-17(15)22)13-29-20(19)23-18(26)12-24-10-5-4-6-14(24)9-11-25/h2-3,7-8,13-14,25H,4-6,9-12H2,1H3,(H,23,26). The number of nitrogens with zero attached hydrogens (tertiary/aromatic N) is 1. The zero-order valence-electron chi connectivity index (χ0n) is 16.3. The molecule has 1 unspecified atom stereocenters. The first kappa shape index (κ1) is 21.8. The average molecular weight is 437 g/mol. The number of esters is 1. The molecule has 1 aliphatic rings. The molecule has 0 saturated carbocycles. The van der Waals surface area contributed by atoms with Gasteiger partial charge in [0, 0.05) is 34.2 Å². The van der Waals surface area contributed by atoms with Gasteiger partial charge in [0.2, 0.25) is 5.91 Å². The quantitative estimate of drug-likeness (QED) is 0.640. The van der Waals surface area contributed by atoms with Crippen LogP contribution in [0.1, 0.15) is 36.0 Å². The zero-order valence-corrected chi connectivity index (χ0v) is 17.9. The Bertz CT molecular complexity index is 868. The maximum atomic E-state index is 12.7. The average Bonchev–Trinajstić information content (AvgIpc) is 3.12. The number of aliphatic hydroxyl groups excluding tert-OH is 1. The maximum absolute atomic E-state index is 12.7. The summed E-state index contributed by atoms with van der Waals surface area (Å²) < 4.78 is 4.95. The molecule has 0 radical (unpaired) electrons. The van der Waals surface area contributed by atoms with Crippen LogP contribution in [0.5, 0.6) is 0 Å². The van der Waals surface area contributed by atoms with Gasteiger partial charge in [0.25, 0.3) is 0 Å². The second kappa shape index (κ2) is 10.2. The number of rotatable bonds is 7. The summed E-state index contributed by atoms with van der Waals surface area (Å²) in [5, 5.41) is 14.9. The molecule has 1 fully saturated rings. The highest BCUT2D eigenvalue weighted by molar-refractivity contribution is 7.15. The van der Waals surface area contributed by atoms with Crippen LogP contribution < -0.4 is 5.32 Å². The van der Waals surface area contributed by atoms with Gasteiger partial charge in [-0.1, -0.05) is 36.2 Å². The molecular weight excluding hydrogens is 412 g/mol. The summed E-state index contributed by atoms with van der Waals surface area (Å²) in [5.41, 5.74) is 1.66. The van der Waals surface area contributed by atoms with E-state index in [1.807, 2.05) is 18.2 Å². The van der Waals surface area contributed by atoms with Gasteiger partial charge in [-0.3, -0.25) is 9.69 Å². The number of nitrogens with one attached hydrogen (secondary N) is 1. The summed E-state index contributed by atoms with van der Waals surface area (Å²) >= 11 is 7.58. The molecule has 8 heteroatoms. The van der Waals surface area contributed by atoms with Gasteiger partial charge in [0.05, 0.1) is 13.7 Å². The topological polar surface area (TPSA) is 78.9 Å². The third-order valence-electron chi connectivity index (χ3n) is 5.16. The summed E-state index contributed by atoms with van der Waals surface area (Å²) in [4.78, 5) is 27.3. The summed E-state index contributed by atoms with van der Waals surface area (Å²) in [5.74, 6) is -0.708. The molecule has 0 bridgehead atoms. The van der Waals surface area contributed by atoms with Crippen molar-refractivity contribution in [1.82, 2.24) is 4.90 Å². The van der Waals surface area contributed by atoms with Gasteiger partial charge in [-0.15, -0.1) is 11.3 Å². The summed E-state index contributed by atoms with van der Waals surface area (Å²) in [6.07, 6.45) is 3.80. The predicted octanol–water partition coefficient (Wildman–Crippen LogP) is 4.03. The van der Waals surface area contributed by atoms with E-state index in [0.717, 1.165) is 25.8 Å². The van der Waals surface area contributed by atoms with Crippen molar-refractivity contribution < 1.29 is 19.4 Å². The Hall–Kier alpha value is -1.93. The largest absolute Gasteiger partial charge is 0.465 e. The number of ether oxygens (including phenoxy) is 1. The number of amides is 1. The smallest absolute Gasteiger partial charge is 0.341 e. The lowest BCUT2D eigenvalue weighted by Gasteiger charge is -2.34. The molecule has 1 atom stereocenters. The van der Waals surface area contributed by atoms with Crippen LogP contribution in [0.15, 0.2) is 29.6 Å². The number of carbonyl (C=O) groups excluding carboxylic acids is 2. The Kier molecular flexibility index (Phi) is 7.66. The highest BCUT2D eigenvalue weighted by Gasteiger charge is 2.26. The Labute approximate surface area is 179 Å². The lowest BCUT2D eigenvalue weighted by Crippen LogP contribution is -2.44. The summed E-state index contributed by atoms with van der Waals surface area (Å²) in [6.45, 7) is 1.17. The monoisotopic (exact) mass is 436 g/mol. The van der Waals surface area contributed by atoms with Crippen molar-refractivity contribution in [3.63, 3.8) is 0 Å². The number of benzene rings is 1. The molecule has 1 amide bonds. The molecule has 2 N–H and O–H groups in total. The first-order chi connectivity index (χ1) is 14.0. The van der Waals surface area contributed by atoms with Gasteiger partial charge < -0.3 is 15.2 Å². The number of anilines is 1. The van der Waals surface area contributed by atoms with Crippen LogP contribution in [-0.2, 0) is 9.53 Å². The number of hydrogen-bond donors (Lipinski definition) is 2. The van der Waals surface area contributed by atoms with E-state index < -0.39 is 5.97 Å². The van der Waals surface area contributed by atoms with Gasteiger partial charge in [-0.25, -0.2) is 4.79 Å². The van der Waals surface area contributed by atoms with E-state index in [1.54, 1.807) is 11.4 Å². The van der Waals surface area contributed by atoms with Crippen LogP contribution in [-0.4, -0.2) is 54.7 Å². The number of piperidine rings is 1. The van der Waals surface area contributed by atoms with Crippen molar-refractivity contribution in [2.24, 2.45) is 0 Å². The number of likely N-dealkylation sites (tertiary alicyclic amines) is 1. The minimum atomic E-state index is -0.521. The summed E-state index contributed by atoms with van der Waals surface area (Å²) in [6, 6.07) is 7.46. The molecule has 29 heavy (non-hydrogen) atoms. The maximum Gasteiger partial charge on any atom is 0.341 e. The van der Waals surface area contributed by atoms with Crippen LogP contribution in [0.3, 0.4) is 0 Å². The van der Waals surface area contributed by atoms with Gasteiger partial charge in [-0.2, -0.15) is 0 Å². The molecule has 1 aromatic heterocycles. The fraction of sp³-hybridized carbons (Fsp3) is 0.429. The minimum absolute atomic E-state index is 0.112. The number of thiophene rings is 1. The SMILES string of the molecule is COC(=O)c1c(-c2ccccc2Cl)csc1NC(=O)CN1CCCCC1CCO. The highest BCUT2D eigenvalue weighted by Crippen LogP contribution is 2.39. The number of halogens is 1. The Morgan fingerprint density at radius 2 is 2.10 bits per heavy atom. The van der Waals surface area contributed by atoms with Crippen molar-refractivity contribution in [2.45, 2.75) is 31.7 Å². The molecule has 3 rings (SSSR count). The third kappa shape index (κ3) is 5.17. The molecule has 6 nitrogen and oxygen atoms in total.